The van der Waals surface area contributed by atoms with Gasteiger partial charge in [-0.15, -0.1) is 0 Å². The third-order valence-corrected chi connectivity index (χ3v) is 3.25. The molecule has 3 rings (SSSR count). The van der Waals surface area contributed by atoms with E-state index >= 15 is 0 Å². The molecule has 2 heterocycles. The Morgan fingerprint density at radius 1 is 1.35 bits per heavy atom. The molecule has 0 radical (unpaired) electrons. The summed E-state index contributed by atoms with van der Waals surface area (Å²) in [6.45, 7) is 0.485. The number of carbonyl (C=O) groups excluding carboxylic acids is 1. The number of imidazole rings is 1. The van der Waals surface area contributed by atoms with Gasteiger partial charge in [0.05, 0.1) is 17.6 Å². The summed E-state index contributed by atoms with van der Waals surface area (Å²) in [5.41, 5.74) is 1.88. The summed E-state index contributed by atoms with van der Waals surface area (Å²) in [5, 5.41) is 6.51. The molecule has 8 heteroatoms. The Bertz CT molecular complexity index is 762. The summed E-state index contributed by atoms with van der Waals surface area (Å²) in [6, 6.07) is 7.77. The average molecular weight is 315 g/mol. The molecule has 1 aromatic carbocycles. The van der Waals surface area contributed by atoms with Crippen molar-refractivity contribution >= 4 is 16.9 Å². The smallest absolute Gasteiger partial charge is 0.252 e. The zero-order chi connectivity index (χ0) is 16.1. The topological polar surface area (TPSA) is 106 Å². The fraction of sp³-hybridized carbons (Fsp3) is 0.333. The zero-order valence-corrected chi connectivity index (χ0v) is 12.7. The number of H-pyrrole nitrogens is 1. The van der Waals surface area contributed by atoms with E-state index in [-0.39, 0.29) is 19.1 Å². The average Bonchev–Trinajstić information content (AvgIpc) is 3.17. The van der Waals surface area contributed by atoms with Crippen LogP contribution in [0.25, 0.3) is 11.0 Å². The molecule has 0 aliphatic carbocycles. The lowest BCUT2D eigenvalue weighted by Crippen LogP contribution is -2.23. The Labute approximate surface area is 132 Å². The molecule has 0 spiro atoms. The maximum absolute atomic E-state index is 11.9. The maximum atomic E-state index is 11.9. The number of ether oxygens (including phenoxy) is 1. The molecule has 0 unspecified atom stereocenters. The fourth-order valence-electron chi connectivity index (χ4n) is 2.17. The third-order valence-electron chi connectivity index (χ3n) is 3.25. The second-order valence-corrected chi connectivity index (χ2v) is 5.01. The standard InChI is InChI=1S/C15H17N5O3/c1-22-9-15-19-13(20-23-15)8-16-14(21)7-6-12-17-10-4-2-3-5-11(10)18-12/h2-5H,6-9H2,1H3,(H,16,21)(H,17,18). The van der Waals surface area contributed by atoms with E-state index in [9.17, 15) is 4.79 Å². The van der Waals surface area contributed by atoms with E-state index in [0.717, 1.165) is 16.9 Å². The number of benzene rings is 1. The molecule has 0 saturated heterocycles. The first-order valence-electron chi connectivity index (χ1n) is 7.25. The number of methoxy groups -OCH3 is 1. The lowest BCUT2D eigenvalue weighted by Gasteiger charge is -2.00. The van der Waals surface area contributed by atoms with Gasteiger partial charge in [-0.3, -0.25) is 4.79 Å². The van der Waals surface area contributed by atoms with Gasteiger partial charge < -0.3 is 19.6 Å². The Morgan fingerprint density at radius 3 is 3.04 bits per heavy atom. The Balaban J connectivity index is 1.47. The molecule has 0 aliphatic rings. The molecular weight excluding hydrogens is 298 g/mol. The number of nitrogens with zero attached hydrogens (tertiary/aromatic N) is 3. The van der Waals surface area contributed by atoms with Crippen LogP contribution in [0.4, 0.5) is 0 Å². The molecule has 2 N–H and O–H groups in total. The quantitative estimate of drug-likeness (QED) is 0.681. The van der Waals surface area contributed by atoms with Gasteiger partial charge in [-0.2, -0.15) is 4.98 Å². The molecule has 120 valence electrons. The van der Waals surface area contributed by atoms with E-state index in [4.69, 9.17) is 9.26 Å². The van der Waals surface area contributed by atoms with E-state index in [1.54, 1.807) is 7.11 Å². The van der Waals surface area contributed by atoms with Gasteiger partial charge in [0, 0.05) is 20.0 Å². The Kier molecular flexibility index (Phi) is 4.62. The second kappa shape index (κ2) is 7.01. The van der Waals surface area contributed by atoms with Crippen LogP contribution in [0.2, 0.25) is 0 Å². The number of aryl methyl sites for hydroxylation is 1. The van der Waals surface area contributed by atoms with Crippen LogP contribution < -0.4 is 5.32 Å². The predicted octanol–water partition coefficient (Wildman–Crippen LogP) is 1.34. The van der Waals surface area contributed by atoms with Crippen molar-refractivity contribution < 1.29 is 14.1 Å². The highest BCUT2D eigenvalue weighted by Crippen LogP contribution is 2.11. The van der Waals surface area contributed by atoms with Crippen LogP contribution in [0.3, 0.4) is 0 Å². The summed E-state index contributed by atoms with van der Waals surface area (Å²) in [4.78, 5) is 23.6. The fourth-order valence-corrected chi connectivity index (χ4v) is 2.17. The van der Waals surface area contributed by atoms with Crippen molar-refractivity contribution in [3.63, 3.8) is 0 Å². The lowest BCUT2D eigenvalue weighted by molar-refractivity contribution is -0.121. The van der Waals surface area contributed by atoms with Gasteiger partial charge in [0.1, 0.15) is 12.4 Å². The van der Waals surface area contributed by atoms with Crippen LogP contribution in [0.15, 0.2) is 28.8 Å². The molecule has 0 bridgehead atoms. The van der Waals surface area contributed by atoms with Crippen LogP contribution in [0, 0.1) is 0 Å². The summed E-state index contributed by atoms with van der Waals surface area (Å²) in [5.74, 6) is 1.51. The number of hydrogen-bond acceptors (Lipinski definition) is 6. The van der Waals surface area contributed by atoms with Crippen molar-refractivity contribution in [3.8, 4) is 0 Å². The van der Waals surface area contributed by atoms with Gasteiger partial charge in [0.15, 0.2) is 5.82 Å². The van der Waals surface area contributed by atoms with E-state index in [1.807, 2.05) is 24.3 Å². The molecule has 0 atom stereocenters. The number of nitrogens with one attached hydrogen (secondary N) is 2. The predicted molar refractivity (Wildman–Crippen MR) is 81.3 cm³/mol. The van der Waals surface area contributed by atoms with E-state index < -0.39 is 0 Å². The maximum Gasteiger partial charge on any atom is 0.252 e. The normalized spacial score (nSPS) is 11.0. The SMILES string of the molecule is COCc1nc(CNC(=O)CCc2nc3ccccc3[nH]2)no1. The van der Waals surface area contributed by atoms with E-state index in [1.165, 1.54) is 0 Å². The van der Waals surface area contributed by atoms with Gasteiger partial charge >= 0.3 is 0 Å². The minimum atomic E-state index is -0.0939. The molecule has 8 nitrogen and oxygen atoms in total. The molecule has 0 aliphatic heterocycles. The van der Waals surface area contributed by atoms with Crippen molar-refractivity contribution in [2.75, 3.05) is 7.11 Å². The first-order valence-corrected chi connectivity index (χ1v) is 7.25. The Hall–Kier alpha value is -2.74. The van der Waals surface area contributed by atoms with Gasteiger partial charge in [-0.05, 0) is 12.1 Å². The summed E-state index contributed by atoms with van der Waals surface area (Å²) in [7, 11) is 1.55. The van der Waals surface area contributed by atoms with E-state index in [0.29, 0.717) is 24.6 Å². The number of aromatic amines is 1. The molecular formula is C15H17N5O3. The van der Waals surface area contributed by atoms with Crippen molar-refractivity contribution in [1.29, 1.82) is 0 Å². The first-order chi connectivity index (χ1) is 11.2. The lowest BCUT2D eigenvalue weighted by atomic mass is 10.3. The molecule has 23 heavy (non-hydrogen) atoms. The number of carbonyl (C=O) groups is 1. The minimum Gasteiger partial charge on any atom is -0.375 e. The van der Waals surface area contributed by atoms with E-state index in [2.05, 4.69) is 25.4 Å². The highest BCUT2D eigenvalue weighted by Gasteiger charge is 2.09. The van der Waals surface area contributed by atoms with Gasteiger partial charge in [-0.25, -0.2) is 4.98 Å². The highest BCUT2D eigenvalue weighted by molar-refractivity contribution is 5.77. The van der Waals surface area contributed by atoms with Gasteiger partial charge in [-0.1, -0.05) is 17.3 Å². The second-order valence-electron chi connectivity index (χ2n) is 5.01. The monoisotopic (exact) mass is 315 g/mol. The molecule has 2 aromatic heterocycles. The van der Waals surface area contributed by atoms with Crippen LogP contribution in [-0.4, -0.2) is 33.1 Å². The van der Waals surface area contributed by atoms with Crippen LogP contribution in [0.1, 0.15) is 24.0 Å². The molecule has 0 fully saturated rings. The number of amides is 1. The molecule has 1 amide bonds. The van der Waals surface area contributed by atoms with Crippen molar-refractivity contribution in [2.24, 2.45) is 0 Å². The van der Waals surface area contributed by atoms with Crippen LogP contribution >= 0.6 is 0 Å². The summed E-state index contributed by atoms with van der Waals surface area (Å²) in [6.07, 6.45) is 0.879. The largest absolute Gasteiger partial charge is 0.375 e. The third kappa shape index (κ3) is 3.92. The van der Waals surface area contributed by atoms with Gasteiger partial charge in [0.2, 0.25) is 5.91 Å². The summed E-state index contributed by atoms with van der Waals surface area (Å²) < 4.78 is 9.83. The minimum absolute atomic E-state index is 0.0939. The van der Waals surface area contributed by atoms with Crippen molar-refractivity contribution in [1.82, 2.24) is 25.4 Å². The first kappa shape index (κ1) is 15.2. The van der Waals surface area contributed by atoms with Crippen molar-refractivity contribution in [3.05, 3.63) is 41.8 Å². The Morgan fingerprint density at radius 2 is 2.22 bits per heavy atom. The van der Waals surface area contributed by atoms with Gasteiger partial charge in [0.25, 0.3) is 5.89 Å². The number of aromatic nitrogens is 4. The molecule has 0 saturated carbocycles. The zero-order valence-electron chi connectivity index (χ0n) is 12.7. The van der Waals surface area contributed by atoms with Crippen LogP contribution in [0.5, 0.6) is 0 Å². The number of rotatable bonds is 7. The highest BCUT2D eigenvalue weighted by atomic mass is 16.5. The number of para-hydroxylation sites is 2. The van der Waals surface area contributed by atoms with Crippen molar-refractivity contribution in [2.45, 2.75) is 26.0 Å². The summed E-state index contributed by atoms with van der Waals surface area (Å²) >= 11 is 0. The molecule has 3 aromatic rings. The number of fused-ring (bicyclic) bond motifs is 1. The number of hydrogen-bond donors (Lipinski definition) is 2. The van der Waals surface area contributed by atoms with Crippen LogP contribution in [-0.2, 0) is 29.1 Å².